The molecule has 2 aromatic heterocycles. The van der Waals surface area contributed by atoms with Crippen LogP contribution < -0.4 is 5.32 Å². The van der Waals surface area contributed by atoms with Crippen LogP contribution in [0.3, 0.4) is 0 Å². The van der Waals surface area contributed by atoms with Crippen LogP contribution in [0.25, 0.3) is 11.3 Å². The highest BCUT2D eigenvalue weighted by atomic mass is 16.2. The minimum absolute atomic E-state index is 0.0192. The number of hydrogen-bond donors (Lipinski definition) is 1. The summed E-state index contributed by atoms with van der Waals surface area (Å²) in [5.74, 6) is 0.589. The van der Waals surface area contributed by atoms with Crippen molar-refractivity contribution in [1.82, 2.24) is 14.9 Å². The third-order valence-corrected chi connectivity index (χ3v) is 4.92. The maximum Gasteiger partial charge on any atom is 0.323 e. The van der Waals surface area contributed by atoms with Gasteiger partial charge >= 0.3 is 6.03 Å². The number of rotatable bonds is 2. The summed E-state index contributed by atoms with van der Waals surface area (Å²) in [5, 5.41) is 2.96. The second-order valence-corrected chi connectivity index (χ2v) is 6.41. The molecule has 118 valence electrons. The molecule has 0 spiro atoms. The molecule has 0 saturated carbocycles. The van der Waals surface area contributed by atoms with Crippen molar-refractivity contribution in [2.24, 2.45) is 0 Å². The van der Waals surface area contributed by atoms with Crippen molar-refractivity contribution in [3.63, 3.8) is 0 Å². The third kappa shape index (κ3) is 2.56. The quantitative estimate of drug-likeness (QED) is 0.922. The molecule has 23 heavy (non-hydrogen) atoms. The first-order valence-electron chi connectivity index (χ1n) is 8.20. The van der Waals surface area contributed by atoms with Gasteiger partial charge in [0.15, 0.2) is 0 Å². The van der Waals surface area contributed by atoms with Crippen LogP contribution >= 0.6 is 0 Å². The Kier molecular flexibility index (Phi) is 3.48. The molecule has 0 aromatic carbocycles. The summed E-state index contributed by atoms with van der Waals surface area (Å²) in [4.78, 5) is 23.2. The summed E-state index contributed by atoms with van der Waals surface area (Å²) in [6.07, 6.45) is 8.22. The number of fused-ring (bicyclic) bond motifs is 2. The molecule has 2 aromatic rings. The Labute approximate surface area is 135 Å². The zero-order valence-electron chi connectivity index (χ0n) is 13.2. The van der Waals surface area contributed by atoms with Gasteiger partial charge in [0.05, 0.1) is 5.69 Å². The van der Waals surface area contributed by atoms with E-state index in [1.165, 1.54) is 6.42 Å². The van der Waals surface area contributed by atoms with Gasteiger partial charge in [0, 0.05) is 30.0 Å². The second kappa shape index (κ2) is 5.65. The number of urea groups is 1. The Bertz CT molecular complexity index is 717. The molecule has 2 saturated heterocycles. The van der Waals surface area contributed by atoms with Gasteiger partial charge in [-0.05, 0) is 56.4 Å². The Balaban J connectivity index is 1.55. The molecule has 1 N–H and O–H groups in total. The first kappa shape index (κ1) is 14.2. The van der Waals surface area contributed by atoms with Gasteiger partial charge in [0.25, 0.3) is 0 Å². The van der Waals surface area contributed by atoms with Crippen LogP contribution in [-0.2, 0) is 0 Å². The number of aryl methyl sites for hydroxylation is 1. The molecule has 4 heterocycles. The number of anilines is 1. The molecule has 2 bridgehead atoms. The highest BCUT2D eigenvalue weighted by Gasteiger charge is 2.44. The number of aromatic nitrogens is 2. The van der Waals surface area contributed by atoms with E-state index in [-0.39, 0.29) is 6.03 Å². The van der Waals surface area contributed by atoms with Gasteiger partial charge in [-0.3, -0.25) is 10.3 Å². The van der Waals surface area contributed by atoms with Gasteiger partial charge in [-0.15, -0.1) is 0 Å². The van der Waals surface area contributed by atoms with Crippen molar-refractivity contribution >= 4 is 11.8 Å². The topological polar surface area (TPSA) is 58.1 Å². The van der Waals surface area contributed by atoms with Gasteiger partial charge in [-0.2, -0.15) is 0 Å². The zero-order valence-corrected chi connectivity index (χ0v) is 13.2. The molecule has 2 atom stereocenters. The van der Waals surface area contributed by atoms with E-state index in [9.17, 15) is 4.79 Å². The summed E-state index contributed by atoms with van der Waals surface area (Å²) >= 11 is 0. The average Bonchev–Trinajstić information content (AvgIpc) is 2.58. The van der Waals surface area contributed by atoms with E-state index >= 15 is 0 Å². The Morgan fingerprint density at radius 1 is 1.26 bits per heavy atom. The first-order chi connectivity index (χ1) is 11.2. The number of pyridine rings is 2. The Hall–Kier alpha value is -2.43. The van der Waals surface area contributed by atoms with Crippen molar-refractivity contribution in [2.75, 3.05) is 5.32 Å². The van der Waals surface area contributed by atoms with Gasteiger partial charge < -0.3 is 4.90 Å². The van der Waals surface area contributed by atoms with Crippen molar-refractivity contribution < 1.29 is 4.79 Å². The lowest BCUT2D eigenvalue weighted by Gasteiger charge is -2.52. The van der Waals surface area contributed by atoms with E-state index in [2.05, 4.69) is 15.3 Å². The molecular formula is C18H20N4O. The fourth-order valence-electron chi connectivity index (χ4n) is 3.70. The van der Waals surface area contributed by atoms with Crippen LogP contribution in [0.4, 0.5) is 10.6 Å². The molecule has 0 aliphatic carbocycles. The molecule has 2 aliphatic heterocycles. The monoisotopic (exact) mass is 308 g/mol. The predicted molar refractivity (Wildman–Crippen MR) is 89.1 cm³/mol. The van der Waals surface area contributed by atoms with Gasteiger partial charge in [0.1, 0.15) is 5.82 Å². The largest absolute Gasteiger partial charge is 0.323 e. The van der Waals surface area contributed by atoms with Crippen molar-refractivity contribution in [2.45, 2.75) is 44.7 Å². The number of amides is 2. The summed E-state index contributed by atoms with van der Waals surface area (Å²) in [7, 11) is 0. The maximum absolute atomic E-state index is 12.5. The number of piperidine rings is 1. The molecular weight excluding hydrogens is 288 g/mol. The number of nitrogens with one attached hydrogen (secondary N) is 1. The first-order valence-corrected chi connectivity index (χ1v) is 8.20. The van der Waals surface area contributed by atoms with E-state index in [4.69, 9.17) is 0 Å². The minimum atomic E-state index is -0.0192. The Morgan fingerprint density at radius 3 is 2.78 bits per heavy atom. The molecule has 2 amide bonds. The van der Waals surface area contributed by atoms with Crippen LogP contribution in [0.15, 0.2) is 36.7 Å². The molecule has 2 aliphatic rings. The minimum Gasteiger partial charge on any atom is -0.318 e. The van der Waals surface area contributed by atoms with Crippen molar-refractivity contribution in [1.29, 1.82) is 0 Å². The summed E-state index contributed by atoms with van der Waals surface area (Å²) in [6, 6.07) is 8.56. The summed E-state index contributed by atoms with van der Waals surface area (Å²) in [6.45, 7) is 2.00. The fourth-order valence-corrected chi connectivity index (χ4v) is 3.70. The van der Waals surface area contributed by atoms with Crippen molar-refractivity contribution in [3.05, 3.63) is 42.2 Å². The normalized spacial score (nSPS) is 22.4. The van der Waals surface area contributed by atoms with Crippen LogP contribution in [0.2, 0.25) is 0 Å². The van der Waals surface area contributed by atoms with Crippen LogP contribution in [0.1, 0.15) is 31.2 Å². The van der Waals surface area contributed by atoms with Crippen LogP contribution in [-0.4, -0.2) is 33.0 Å². The molecule has 2 unspecified atom stereocenters. The smallest absolute Gasteiger partial charge is 0.318 e. The van der Waals surface area contributed by atoms with E-state index in [0.717, 1.165) is 36.1 Å². The van der Waals surface area contributed by atoms with E-state index in [0.29, 0.717) is 17.9 Å². The Morgan fingerprint density at radius 2 is 2.09 bits per heavy atom. The molecule has 5 heteroatoms. The number of carbonyl (C=O) groups is 1. The van der Waals surface area contributed by atoms with E-state index in [1.54, 1.807) is 12.4 Å². The van der Waals surface area contributed by atoms with Crippen LogP contribution in [0, 0.1) is 6.92 Å². The zero-order chi connectivity index (χ0) is 15.8. The molecule has 0 radical (unpaired) electrons. The number of nitrogens with zero attached hydrogens (tertiary/aromatic N) is 3. The highest BCUT2D eigenvalue weighted by molar-refractivity contribution is 5.90. The van der Waals surface area contributed by atoms with Gasteiger partial charge in [-0.1, -0.05) is 6.07 Å². The maximum atomic E-state index is 12.5. The van der Waals surface area contributed by atoms with Crippen molar-refractivity contribution in [3.8, 4) is 11.3 Å². The molecule has 2 fully saturated rings. The van der Waals surface area contributed by atoms with Gasteiger partial charge in [0.2, 0.25) is 0 Å². The van der Waals surface area contributed by atoms with Gasteiger partial charge in [-0.25, -0.2) is 9.78 Å². The fraction of sp³-hybridized carbons (Fsp3) is 0.389. The highest BCUT2D eigenvalue weighted by Crippen LogP contribution is 2.38. The van der Waals surface area contributed by atoms with Crippen LogP contribution in [0.5, 0.6) is 0 Å². The average molecular weight is 308 g/mol. The van der Waals surface area contributed by atoms with E-state index < -0.39 is 0 Å². The SMILES string of the molecule is Cc1cnc(NC(=O)N2C3CCCC2C3)cc1-c1ccccn1. The standard InChI is InChI=1S/C18H20N4O/c1-12-11-20-17(10-15(12)16-7-2-3-8-19-16)21-18(23)22-13-5-4-6-14(22)9-13/h2-3,7-8,10-11,13-14H,4-6,9H2,1H3,(H,20,21,23). The molecule has 4 rings (SSSR count). The second-order valence-electron chi connectivity index (χ2n) is 6.41. The predicted octanol–water partition coefficient (Wildman–Crippen LogP) is 3.61. The molecule has 5 nitrogen and oxygen atoms in total. The summed E-state index contributed by atoms with van der Waals surface area (Å²) < 4.78 is 0. The third-order valence-electron chi connectivity index (χ3n) is 4.92. The lowest BCUT2D eigenvalue weighted by Crippen LogP contribution is -2.62. The summed E-state index contributed by atoms with van der Waals surface area (Å²) in [5.41, 5.74) is 2.94. The lowest BCUT2D eigenvalue weighted by molar-refractivity contribution is 0.0173. The number of carbonyl (C=O) groups excluding carboxylic acids is 1. The number of hydrogen-bond acceptors (Lipinski definition) is 3. The lowest BCUT2D eigenvalue weighted by atomic mass is 9.80. The van der Waals surface area contributed by atoms with E-state index in [1.807, 2.05) is 36.1 Å².